The van der Waals surface area contributed by atoms with Crippen molar-refractivity contribution in [3.05, 3.63) is 0 Å². The number of amides is 1. The first-order chi connectivity index (χ1) is 8.84. The van der Waals surface area contributed by atoms with Gasteiger partial charge in [-0.2, -0.15) is 0 Å². The van der Waals surface area contributed by atoms with Gasteiger partial charge in [-0.1, -0.05) is 0 Å². The van der Waals surface area contributed by atoms with E-state index in [1.54, 1.807) is 9.80 Å². The van der Waals surface area contributed by atoms with Crippen molar-refractivity contribution < 1.29 is 19.4 Å². The third kappa shape index (κ3) is 4.18. The molecule has 0 spiro atoms. The third-order valence-corrected chi connectivity index (χ3v) is 3.26. The Morgan fingerprint density at radius 3 is 2.37 bits per heavy atom. The van der Waals surface area contributed by atoms with Gasteiger partial charge in [0.2, 0.25) is 5.91 Å². The molecule has 0 aromatic carbocycles. The SMILES string of the molecule is CC(C)N(C(=O)CN1CCOCC1C(=O)O)C(C)C. The predicted octanol–water partition coefficient (Wildman–Crippen LogP) is 0.417. The summed E-state index contributed by atoms with van der Waals surface area (Å²) < 4.78 is 5.16. The molecule has 1 heterocycles. The average molecular weight is 272 g/mol. The van der Waals surface area contributed by atoms with E-state index in [9.17, 15) is 9.59 Å². The molecule has 1 N–H and O–H groups in total. The van der Waals surface area contributed by atoms with E-state index in [2.05, 4.69) is 0 Å². The second kappa shape index (κ2) is 6.86. The van der Waals surface area contributed by atoms with Gasteiger partial charge in [-0.05, 0) is 27.7 Å². The summed E-state index contributed by atoms with van der Waals surface area (Å²) in [6, 6.07) is -0.507. The molecule has 0 aromatic rings. The Kier molecular flexibility index (Phi) is 5.75. The second-order valence-corrected chi connectivity index (χ2v) is 5.39. The fourth-order valence-electron chi connectivity index (χ4n) is 2.48. The largest absolute Gasteiger partial charge is 0.480 e. The Bertz CT molecular complexity index is 323. The second-order valence-electron chi connectivity index (χ2n) is 5.39. The highest BCUT2D eigenvalue weighted by atomic mass is 16.5. The van der Waals surface area contributed by atoms with Gasteiger partial charge in [0.05, 0.1) is 19.8 Å². The number of carboxylic acid groups (broad SMARTS) is 1. The maximum atomic E-state index is 12.3. The van der Waals surface area contributed by atoms with E-state index in [1.807, 2.05) is 27.7 Å². The number of hydrogen-bond acceptors (Lipinski definition) is 4. The number of nitrogens with zero attached hydrogens (tertiary/aromatic N) is 2. The van der Waals surface area contributed by atoms with Gasteiger partial charge in [-0.3, -0.25) is 14.5 Å². The molecule has 1 aliphatic heterocycles. The molecule has 1 fully saturated rings. The molecule has 110 valence electrons. The summed E-state index contributed by atoms with van der Waals surface area (Å²) in [5.41, 5.74) is 0. The Labute approximate surface area is 114 Å². The quantitative estimate of drug-likeness (QED) is 0.785. The molecule has 1 atom stereocenters. The molecule has 0 aliphatic carbocycles. The van der Waals surface area contributed by atoms with Gasteiger partial charge in [0.15, 0.2) is 0 Å². The van der Waals surface area contributed by atoms with Crippen LogP contribution < -0.4 is 0 Å². The zero-order valence-electron chi connectivity index (χ0n) is 12.1. The van der Waals surface area contributed by atoms with E-state index in [0.717, 1.165) is 0 Å². The Balaban J connectivity index is 2.70. The van der Waals surface area contributed by atoms with Gasteiger partial charge in [0, 0.05) is 18.6 Å². The van der Waals surface area contributed by atoms with Crippen LogP contribution in [0.25, 0.3) is 0 Å². The Morgan fingerprint density at radius 1 is 1.32 bits per heavy atom. The highest BCUT2D eigenvalue weighted by Crippen LogP contribution is 2.11. The molecule has 1 rings (SSSR count). The number of rotatable bonds is 5. The molecule has 0 radical (unpaired) electrons. The predicted molar refractivity (Wildman–Crippen MR) is 70.9 cm³/mol. The monoisotopic (exact) mass is 272 g/mol. The van der Waals surface area contributed by atoms with Crippen LogP contribution in [0.1, 0.15) is 27.7 Å². The minimum Gasteiger partial charge on any atom is -0.480 e. The first-order valence-corrected chi connectivity index (χ1v) is 6.70. The number of carboxylic acids is 1. The van der Waals surface area contributed by atoms with Crippen LogP contribution in [0, 0.1) is 0 Å². The van der Waals surface area contributed by atoms with Crippen molar-refractivity contribution in [2.45, 2.75) is 45.8 Å². The maximum absolute atomic E-state index is 12.3. The number of carbonyl (C=O) groups excluding carboxylic acids is 1. The normalized spacial score (nSPS) is 20.8. The molecule has 1 aliphatic rings. The van der Waals surface area contributed by atoms with Gasteiger partial charge in [0.1, 0.15) is 6.04 Å². The lowest BCUT2D eigenvalue weighted by molar-refractivity contribution is -0.152. The minimum absolute atomic E-state index is 0.0295. The number of morpholine rings is 1. The summed E-state index contributed by atoms with van der Waals surface area (Å²) in [5.74, 6) is -0.966. The van der Waals surface area contributed by atoms with Crippen molar-refractivity contribution in [2.75, 3.05) is 26.3 Å². The van der Waals surface area contributed by atoms with Crippen LogP contribution in [-0.4, -0.2) is 71.2 Å². The van der Waals surface area contributed by atoms with Crippen LogP contribution >= 0.6 is 0 Å². The van der Waals surface area contributed by atoms with Gasteiger partial charge in [-0.15, -0.1) is 0 Å². The molecule has 6 nitrogen and oxygen atoms in total. The van der Waals surface area contributed by atoms with E-state index >= 15 is 0 Å². The van der Waals surface area contributed by atoms with Crippen LogP contribution in [-0.2, 0) is 14.3 Å². The van der Waals surface area contributed by atoms with Gasteiger partial charge >= 0.3 is 5.97 Å². The molecule has 19 heavy (non-hydrogen) atoms. The maximum Gasteiger partial charge on any atom is 0.323 e. The third-order valence-electron chi connectivity index (χ3n) is 3.26. The molecule has 0 bridgehead atoms. The van der Waals surface area contributed by atoms with E-state index in [1.165, 1.54) is 0 Å². The number of ether oxygens (including phenoxy) is 1. The van der Waals surface area contributed by atoms with E-state index in [0.29, 0.717) is 13.2 Å². The van der Waals surface area contributed by atoms with Crippen molar-refractivity contribution >= 4 is 11.9 Å². The van der Waals surface area contributed by atoms with Crippen molar-refractivity contribution in [1.82, 2.24) is 9.80 Å². The summed E-state index contributed by atoms with van der Waals surface area (Å²) >= 11 is 0. The molecule has 0 saturated carbocycles. The standard InChI is InChI=1S/C13H24N2O4/c1-9(2)15(10(3)4)12(16)7-14-5-6-19-8-11(14)13(17)18/h9-11H,5-8H2,1-4H3,(H,17,18). The fourth-order valence-corrected chi connectivity index (χ4v) is 2.48. The van der Waals surface area contributed by atoms with Crippen LogP contribution in [0.15, 0.2) is 0 Å². The van der Waals surface area contributed by atoms with Crippen LogP contribution in [0.3, 0.4) is 0 Å². The lowest BCUT2D eigenvalue weighted by atomic mass is 10.2. The van der Waals surface area contributed by atoms with E-state index in [-0.39, 0.29) is 31.1 Å². The molecular formula is C13H24N2O4. The first-order valence-electron chi connectivity index (χ1n) is 6.70. The van der Waals surface area contributed by atoms with Crippen molar-refractivity contribution in [1.29, 1.82) is 0 Å². The molecule has 1 saturated heterocycles. The summed E-state index contributed by atoms with van der Waals surface area (Å²) in [4.78, 5) is 26.9. The first kappa shape index (κ1) is 15.9. The Morgan fingerprint density at radius 2 is 1.89 bits per heavy atom. The lowest BCUT2D eigenvalue weighted by Gasteiger charge is -2.36. The summed E-state index contributed by atoms with van der Waals surface area (Å²) in [7, 11) is 0. The average Bonchev–Trinajstić information content (AvgIpc) is 2.27. The van der Waals surface area contributed by atoms with Crippen molar-refractivity contribution in [2.24, 2.45) is 0 Å². The van der Waals surface area contributed by atoms with E-state index in [4.69, 9.17) is 9.84 Å². The summed E-state index contributed by atoms with van der Waals surface area (Å²) in [5, 5.41) is 9.13. The lowest BCUT2D eigenvalue weighted by Crippen LogP contribution is -2.55. The minimum atomic E-state index is -0.937. The topological polar surface area (TPSA) is 70.1 Å². The van der Waals surface area contributed by atoms with E-state index < -0.39 is 12.0 Å². The highest BCUT2D eigenvalue weighted by molar-refractivity contribution is 5.80. The zero-order chi connectivity index (χ0) is 14.6. The highest BCUT2D eigenvalue weighted by Gasteiger charge is 2.32. The van der Waals surface area contributed by atoms with Crippen molar-refractivity contribution in [3.63, 3.8) is 0 Å². The molecule has 1 unspecified atom stereocenters. The number of aliphatic carboxylic acids is 1. The van der Waals surface area contributed by atoms with Crippen LogP contribution in [0.5, 0.6) is 0 Å². The van der Waals surface area contributed by atoms with Crippen molar-refractivity contribution in [3.8, 4) is 0 Å². The van der Waals surface area contributed by atoms with Gasteiger partial charge in [0.25, 0.3) is 0 Å². The molecule has 1 amide bonds. The fraction of sp³-hybridized carbons (Fsp3) is 0.846. The summed E-state index contributed by atoms with van der Waals surface area (Å²) in [6.45, 7) is 9.09. The summed E-state index contributed by atoms with van der Waals surface area (Å²) in [6.07, 6.45) is 0. The zero-order valence-corrected chi connectivity index (χ0v) is 12.1. The molecule has 0 aromatic heterocycles. The molecular weight excluding hydrogens is 248 g/mol. The number of hydrogen-bond donors (Lipinski definition) is 1. The van der Waals surface area contributed by atoms with Crippen LogP contribution in [0.4, 0.5) is 0 Å². The van der Waals surface area contributed by atoms with Gasteiger partial charge < -0.3 is 14.7 Å². The smallest absolute Gasteiger partial charge is 0.323 e. The molecule has 6 heteroatoms. The van der Waals surface area contributed by atoms with Gasteiger partial charge in [-0.25, -0.2) is 0 Å². The number of carbonyl (C=O) groups is 2. The Hall–Kier alpha value is -1.14. The van der Waals surface area contributed by atoms with Crippen LogP contribution in [0.2, 0.25) is 0 Å².